The summed E-state index contributed by atoms with van der Waals surface area (Å²) in [7, 11) is 1.35. The van der Waals surface area contributed by atoms with E-state index in [1.165, 1.54) is 19.2 Å². The van der Waals surface area contributed by atoms with Crippen LogP contribution in [0.3, 0.4) is 0 Å². The van der Waals surface area contributed by atoms with Crippen molar-refractivity contribution in [1.82, 2.24) is 0 Å². The molecule has 0 radical (unpaired) electrons. The smallest absolute Gasteiger partial charge is 0.392 e. The lowest BCUT2D eigenvalue weighted by molar-refractivity contribution is -0.174. The molecule has 90 valence electrons. The number of ether oxygens (including phenoxy) is 1. The summed E-state index contributed by atoms with van der Waals surface area (Å²) in [5, 5.41) is 9.83. The number of hydrogen-bond donors (Lipinski definition) is 1. The van der Waals surface area contributed by atoms with Crippen LogP contribution >= 0.6 is 0 Å². The van der Waals surface area contributed by atoms with Gasteiger partial charge in [0.2, 0.25) is 0 Å². The fourth-order valence-electron chi connectivity index (χ4n) is 1.58. The summed E-state index contributed by atoms with van der Waals surface area (Å²) in [6, 6.07) is 6.12. The monoisotopic (exact) mass is 234 g/mol. The number of benzene rings is 1. The Balaban J connectivity index is 3.06. The van der Waals surface area contributed by atoms with Gasteiger partial charge in [0.05, 0.1) is 19.1 Å². The van der Waals surface area contributed by atoms with Gasteiger partial charge in [0.25, 0.3) is 0 Å². The SMILES string of the molecule is COc1ccccc1C(C)(O)CC(F)(F)F. The van der Waals surface area contributed by atoms with Gasteiger partial charge in [0, 0.05) is 5.56 Å². The normalized spacial score (nSPS) is 15.6. The Bertz CT molecular complexity index is 358. The zero-order valence-corrected chi connectivity index (χ0v) is 9.01. The summed E-state index contributed by atoms with van der Waals surface area (Å²) < 4.78 is 41.7. The minimum atomic E-state index is -4.43. The molecule has 1 unspecified atom stereocenters. The fraction of sp³-hybridized carbons (Fsp3) is 0.455. The predicted octanol–water partition coefficient (Wildman–Crippen LogP) is 2.86. The number of aliphatic hydroxyl groups is 1. The van der Waals surface area contributed by atoms with Crippen molar-refractivity contribution in [3.8, 4) is 5.75 Å². The fourth-order valence-corrected chi connectivity index (χ4v) is 1.58. The molecule has 0 fully saturated rings. The van der Waals surface area contributed by atoms with Gasteiger partial charge >= 0.3 is 6.18 Å². The molecular formula is C11H13F3O2. The van der Waals surface area contributed by atoms with Crippen LogP contribution in [0.2, 0.25) is 0 Å². The molecule has 1 atom stereocenters. The van der Waals surface area contributed by atoms with Gasteiger partial charge in [-0.25, -0.2) is 0 Å². The summed E-state index contributed by atoms with van der Waals surface area (Å²) in [5.74, 6) is 0.247. The summed E-state index contributed by atoms with van der Waals surface area (Å²) in [6.45, 7) is 1.12. The summed E-state index contributed by atoms with van der Waals surface area (Å²) in [5.41, 5.74) is -1.85. The van der Waals surface area contributed by atoms with E-state index < -0.39 is 18.2 Å². The van der Waals surface area contributed by atoms with Crippen LogP contribution in [0.25, 0.3) is 0 Å². The van der Waals surface area contributed by atoms with Crippen molar-refractivity contribution < 1.29 is 23.0 Å². The first-order valence-corrected chi connectivity index (χ1v) is 4.69. The minimum absolute atomic E-state index is 0.134. The second kappa shape index (κ2) is 4.33. The Kier molecular flexibility index (Phi) is 3.48. The third-order valence-corrected chi connectivity index (χ3v) is 2.23. The molecule has 0 bridgehead atoms. The first kappa shape index (κ1) is 12.8. The molecule has 5 heteroatoms. The van der Waals surface area contributed by atoms with Crippen molar-refractivity contribution in [3.63, 3.8) is 0 Å². The van der Waals surface area contributed by atoms with E-state index in [1.807, 2.05) is 0 Å². The number of rotatable bonds is 3. The lowest BCUT2D eigenvalue weighted by Crippen LogP contribution is -2.29. The van der Waals surface area contributed by atoms with E-state index in [2.05, 4.69) is 0 Å². The van der Waals surface area contributed by atoms with Crippen LogP contribution < -0.4 is 4.74 Å². The maximum atomic E-state index is 12.3. The lowest BCUT2D eigenvalue weighted by atomic mass is 9.91. The molecule has 0 aliphatic heterocycles. The van der Waals surface area contributed by atoms with Gasteiger partial charge in [-0.3, -0.25) is 0 Å². The molecule has 1 aromatic rings. The first-order chi connectivity index (χ1) is 7.26. The largest absolute Gasteiger partial charge is 0.496 e. The number of hydrogen-bond acceptors (Lipinski definition) is 2. The van der Waals surface area contributed by atoms with Gasteiger partial charge in [-0.15, -0.1) is 0 Å². The Morgan fingerprint density at radius 2 is 1.81 bits per heavy atom. The van der Waals surface area contributed by atoms with Crippen LogP contribution in [0.1, 0.15) is 18.9 Å². The van der Waals surface area contributed by atoms with Crippen LogP contribution in [0.5, 0.6) is 5.75 Å². The molecule has 0 aliphatic carbocycles. The third kappa shape index (κ3) is 3.13. The second-order valence-electron chi connectivity index (χ2n) is 3.77. The van der Waals surface area contributed by atoms with Crippen LogP contribution in [0, 0.1) is 0 Å². The van der Waals surface area contributed by atoms with Gasteiger partial charge in [0.15, 0.2) is 0 Å². The summed E-state index contributed by atoms with van der Waals surface area (Å²) in [6.07, 6.45) is -5.73. The molecule has 0 heterocycles. The molecule has 0 saturated heterocycles. The molecule has 0 spiro atoms. The quantitative estimate of drug-likeness (QED) is 0.871. The summed E-state index contributed by atoms with van der Waals surface area (Å²) in [4.78, 5) is 0. The van der Waals surface area contributed by atoms with Gasteiger partial charge in [-0.1, -0.05) is 18.2 Å². The van der Waals surface area contributed by atoms with Crippen molar-refractivity contribution >= 4 is 0 Å². The number of alkyl halides is 3. The Morgan fingerprint density at radius 3 is 2.31 bits per heavy atom. The second-order valence-corrected chi connectivity index (χ2v) is 3.77. The van der Waals surface area contributed by atoms with Crippen molar-refractivity contribution in [2.24, 2.45) is 0 Å². The maximum absolute atomic E-state index is 12.3. The molecule has 0 saturated carbocycles. The number of halogens is 3. The first-order valence-electron chi connectivity index (χ1n) is 4.69. The van der Waals surface area contributed by atoms with E-state index >= 15 is 0 Å². The van der Waals surface area contributed by atoms with Crippen LogP contribution in [0.15, 0.2) is 24.3 Å². The van der Waals surface area contributed by atoms with E-state index in [0.29, 0.717) is 0 Å². The Hall–Kier alpha value is -1.23. The van der Waals surface area contributed by atoms with Crippen LogP contribution in [-0.2, 0) is 5.60 Å². The highest BCUT2D eigenvalue weighted by Crippen LogP contribution is 2.38. The minimum Gasteiger partial charge on any atom is -0.496 e. The van der Waals surface area contributed by atoms with Crippen molar-refractivity contribution in [2.75, 3.05) is 7.11 Å². The lowest BCUT2D eigenvalue weighted by Gasteiger charge is -2.26. The average molecular weight is 234 g/mol. The van der Waals surface area contributed by atoms with Gasteiger partial charge in [0.1, 0.15) is 5.75 Å². The van der Waals surface area contributed by atoms with Gasteiger partial charge in [-0.2, -0.15) is 13.2 Å². The van der Waals surface area contributed by atoms with Crippen molar-refractivity contribution in [3.05, 3.63) is 29.8 Å². The highest BCUT2D eigenvalue weighted by atomic mass is 19.4. The number of para-hydroxylation sites is 1. The Morgan fingerprint density at radius 1 is 1.25 bits per heavy atom. The Labute approximate surface area is 91.7 Å². The maximum Gasteiger partial charge on any atom is 0.392 e. The molecule has 0 aromatic heterocycles. The number of methoxy groups -OCH3 is 1. The molecule has 1 rings (SSSR count). The predicted molar refractivity (Wildman–Crippen MR) is 53.2 cm³/mol. The van der Waals surface area contributed by atoms with E-state index in [-0.39, 0.29) is 11.3 Å². The molecule has 16 heavy (non-hydrogen) atoms. The molecule has 0 amide bonds. The third-order valence-electron chi connectivity index (χ3n) is 2.23. The van der Waals surface area contributed by atoms with Crippen molar-refractivity contribution in [2.45, 2.75) is 25.1 Å². The molecular weight excluding hydrogens is 221 g/mol. The van der Waals surface area contributed by atoms with E-state index in [1.54, 1.807) is 12.1 Å². The molecule has 2 nitrogen and oxygen atoms in total. The zero-order valence-electron chi connectivity index (χ0n) is 9.01. The zero-order chi connectivity index (χ0) is 12.4. The van der Waals surface area contributed by atoms with Crippen LogP contribution in [-0.4, -0.2) is 18.4 Å². The molecule has 1 N–H and O–H groups in total. The molecule has 1 aromatic carbocycles. The van der Waals surface area contributed by atoms with E-state index in [0.717, 1.165) is 6.92 Å². The topological polar surface area (TPSA) is 29.5 Å². The standard InChI is InChI=1S/C11H13F3O2/c1-10(15,7-11(12,13)14)8-5-3-4-6-9(8)16-2/h3-6,15H,7H2,1-2H3. The van der Waals surface area contributed by atoms with Crippen LogP contribution in [0.4, 0.5) is 13.2 Å². The van der Waals surface area contributed by atoms with Crippen molar-refractivity contribution in [1.29, 1.82) is 0 Å². The van der Waals surface area contributed by atoms with Gasteiger partial charge < -0.3 is 9.84 Å². The average Bonchev–Trinajstić information content (AvgIpc) is 2.14. The van der Waals surface area contributed by atoms with Gasteiger partial charge in [-0.05, 0) is 13.0 Å². The molecule has 0 aliphatic rings. The summed E-state index contributed by atoms with van der Waals surface area (Å²) >= 11 is 0. The van der Waals surface area contributed by atoms with E-state index in [4.69, 9.17) is 4.74 Å². The highest BCUT2D eigenvalue weighted by molar-refractivity contribution is 5.37. The highest BCUT2D eigenvalue weighted by Gasteiger charge is 2.40. The van der Waals surface area contributed by atoms with E-state index in [9.17, 15) is 18.3 Å².